The van der Waals surface area contributed by atoms with Crippen LogP contribution in [0.2, 0.25) is 5.02 Å². The van der Waals surface area contributed by atoms with Crippen molar-refractivity contribution < 1.29 is 13.2 Å². The van der Waals surface area contributed by atoms with E-state index in [-0.39, 0.29) is 0 Å². The van der Waals surface area contributed by atoms with Crippen LogP contribution in [0, 0.1) is 0 Å². The third-order valence-electron chi connectivity index (χ3n) is 5.77. The summed E-state index contributed by atoms with van der Waals surface area (Å²) in [6.45, 7) is 1.46. The van der Waals surface area contributed by atoms with Crippen LogP contribution in [0.4, 0.5) is 19.0 Å². The second-order valence-electron chi connectivity index (χ2n) is 7.98. The highest BCUT2D eigenvalue weighted by molar-refractivity contribution is 6.32. The van der Waals surface area contributed by atoms with Crippen LogP contribution >= 0.6 is 11.6 Å². The Morgan fingerprint density at radius 2 is 1.81 bits per heavy atom. The van der Waals surface area contributed by atoms with Crippen LogP contribution in [0.3, 0.4) is 0 Å². The maximum atomic E-state index is 12.9. The predicted molar refractivity (Wildman–Crippen MR) is 119 cm³/mol. The third-order valence-corrected chi connectivity index (χ3v) is 6.06. The Morgan fingerprint density at radius 3 is 2.62 bits per heavy atom. The number of anilines is 1. The van der Waals surface area contributed by atoms with Crippen LogP contribution in [0.5, 0.6) is 0 Å². The zero-order chi connectivity index (χ0) is 22.6. The first-order chi connectivity index (χ1) is 15.4. The lowest BCUT2D eigenvalue weighted by atomic mass is 9.98. The molecule has 1 aliphatic rings. The molecule has 1 aromatic carbocycles. The van der Waals surface area contributed by atoms with E-state index in [1.54, 1.807) is 18.6 Å². The summed E-state index contributed by atoms with van der Waals surface area (Å²) in [6, 6.07) is 9.26. The second-order valence-corrected chi connectivity index (χ2v) is 8.39. The summed E-state index contributed by atoms with van der Waals surface area (Å²) in [6.07, 6.45) is 4.11. The quantitative estimate of drug-likeness (QED) is 0.402. The molecule has 1 aliphatic heterocycles. The molecule has 0 aliphatic carbocycles. The molecule has 0 saturated carbocycles. The van der Waals surface area contributed by atoms with Gasteiger partial charge in [-0.15, -0.1) is 0 Å². The molecule has 168 valence electrons. The molecule has 0 saturated heterocycles. The number of nitrogens with zero attached hydrogens (tertiary/aromatic N) is 4. The number of hydrogen-bond acceptors (Lipinski definition) is 4. The van der Waals surface area contributed by atoms with Gasteiger partial charge in [0.25, 0.3) is 0 Å². The van der Waals surface area contributed by atoms with Crippen LogP contribution in [-0.4, -0.2) is 21.5 Å². The van der Waals surface area contributed by atoms with Crippen molar-refractivity contribution in [3.05, 3.63) is 82.0 Å². The summed E-state index contributed by atoms with van der Waals surface area (Å²) in [5.41, 5.74) is 3.43. The van der Waals surface area contributed by atoms with Gasteiger partial charge in [0.05, 0.1) is 22.8 Å². The molecule has 0 unspecified atom stereocenters. The third kappa shape index (κ3) is 5.38. The number of alkyl halides is 3. The fraction of sp³-hybridized carbons (Fsp3) is 0.375. The molecular weight excluding hydrogens is 437 g/mol. The van der Waals surface area contributed by atoms with Gasteiger partial charge in [-0.2, -0.15) is 13.2 Å². The minimum absolute atomic E-state index is 0.580. The second kappa shape index (κ2) is 9.86. The molecule has 0 fully saturated rings. The molecule has 8 heteroatoms. The van der Waals surface area contributed by atoms with Crippen LogP contribution in [0.1, 0.15) is 47.3 Å². The number of fused-ring (bicyclic) bond motifs is 1. The van der Waals surface area contributed by atoms with Crippen molar-refractivity contribution in [3.8, 4) is 0 Å². The van der Waals surface area contributed by atoms with Gasteiger partial charge in [-0.3, -0.25) is 0 Å². The first-order valence-corrected chi connectivity index (χ1v) is 11.1. The number of aromatic nitrogens is 3. The Bertz CT molecular complexity index is 1070. The Labute approximate surface area is 190 Å². The van der Waals surface area contributed by atoms with Gasteiger partial charge in [-0.1, -0.05) is 36.2 Å². The van der Waals surface area contributed by atoms with Crippen LogP contribution in [0.15, 0.2) is 48.9 Å². The molecule has 32 heavy (non-hydrogen) atoms. The lowest BCUT2D eigenvalue weighted by Gasteiger charge is -2.30. The average molecular weight is 461 g/mol. The summed E-state index contributed by atoms with van der Waals surface area (Å²) in [5, 5.41) is 0.631. The number of halogens is 4. The maximum Gasteiger partial charge on any atom is 0.416 e. The van der Waals surface area contributed by atoms with Gasteiger partial charge in [0.1, 0.15) is 12.1 Å². The first kappa shape index (κ1) is 22.5. The molecular formula is C24H24ClF3N4. The van der Waals surface area contributed by atoms with Crippen LogP contribution in [0.25, 0.3) is 0 Å². The molecule has 0 radical (unpaired) electrons. The van der Waals surface area contributed by atoms with E-state index in [2.05, 4.69) is 19.9 Å². The van der Waals surface area contributed by atoms with E-state index in [0.717, 1.165) is 67.5 Å². The van der Waals surface area contributed by atoms with E-state index in [1.807, 2.05) is 12.1 Å². The fourth-order valence-electron chi connectivity index (χ4n) is 4.13. The van der Waals surface area contributed by atoms with E-state index < -0.39 is 11.7 Å². The van der Waals surface area contributed by atoms with Crippen molar-refractivity contribution >= 4 is 17.4 Å². The van der Waals surface area contributed by atoms with Gasteiger partial charge in [0, 0.05) is 18.4 Å². The van der Waals surface area contributed by atoms with E-state index in [0.29, 0.717) is 18.0 Å². The van der Waals surface area contributed by atoms with E-state index >= 15 is 0 Å². The Balaban J connectivity index is 1.30. The number of benzene rings is 1. The summed E-state index contributed by atoms with van der Waals surface area (Å²) < 4.78 is 38.6. The molecule has 4 rings (SSSR count). The van der Waals surface area contributed by atoms with E-state index in [4.69, 9.17) is 11.6 Å². The van der Waals surface area contributed by atoms with Crippen LogP contribution < -0.4 is 4.90 Å². The Kier molecular flexibility index (Phi) is 6.94. The van der Waals surface area contributed by atoms with E-state index in [9.17, 15) is 13.2 Å². The van der Waals surface area contributed by atoms with Crippen molar-refractivity contribution in [1.29, 1.82) is 0 Å². The lowest BCUT2D eigenvalue weighted by Crippen LogP contribution is -2.32. The molecule has 0 atom stereocenters. The van der Waals surface area contributed by atoms with Gasteiger partial charge in [0.2, 0.25) is 0 Å². The van der Waals surface area contributed by atoms with Gasteiger partial charge in [-0.25, -0.2) is 15.0 Å². The normalized spacial score (nSPS) is 13.8. The predicted octanol–water partition coefficient (Wildman–Crippen LogP) is 6.06. The average Bonchev–Trinajstić information content (AvgIpc) is 2.78. The Hall–Kier alpha value is -2.67. The summed E-state index contributed by atoms with van der Waals surface area (Å²) >= 11 is 6.30. The highest BCUT2D eigenvalue weighted by atomic mass is 35.5. The zero-order valence-electron chi connectivity index (χ0n) is 17.6. The smallest absolute Gasteiger partial charge is 0.349 e. The van der Waals surface area contributed by atoms with Crippen molar-refractivity contribution in [2.45, 2.75) is 51.2 Å². The number of hydrogen-bond donors (Lipinski definition) is 0. The van der Waals surface area contributed by atoms with Crippen molar-refractivity contribution in [2.75, 3.05) is 11.4 Å². The fourth-order valence-corrected chi connectivity index (χ4v) is 4.37. The van der Waals surface area contributed by atoms with Gasteiger partial charge < -0.3 is 4.90 Å². The molecule has 0 amide bonds. The van der Waals surface area contributed by atoms with Crippen molar-refractivity contribution in [2.24, 2.45) is 0 Å². The highest BCUT2D eigenvalue weighted by Gasteiger charge is 2.30. The molecule has 0 spiro atoms. The summed E-state index contributed by atoms with van der Waals surface area (Å²) in [7, 11) is 0. The first-order valence-electron chi connectivity index (χ1n) is 10.7. The summed E-state index contributed by atoms with van der Waals surface area (Å²) in [4.78, 5) is 15.5. The number of aryl methyl sites for hydroxylation is 2. The highest BCUT2D eigenvalue weighted by Crippen LogP contribution is 2.30. The topological polar surface area (TPSA) is 41.9 Å². The zero-order valence-corrected chi connectivity index (χ0v) is 18.3. The summed E-state index contributed by atoms with van der Waals surface area (Å²) in [5.74, 6) is 0.773. The largest absolute Gasteiger partial charge is 0.416 e. The number of rotatable bonds is 7. The molecule has 0 bridgehead atoms. The van der Waals surface area contributed by atoms with Crippen LogP contribution in [-0.2, 0) is 32.0 Å². The standard InChI is InChI=1S/C24H24ClF3N4/c25-20-9-5-12-29-23(20)32-13-11-19-21(30-16-31-22(19)15-32)10-3-1-2-6-17-7-4-8-18(14-17)24(26,27)28/h4-5,7-9,12,14,16H,1-3,6,10-11,13,15H2. The monoisotopic (exact) mass is 460 g/mol. The maximum absolute atomic E-state index is 12.9. The van der Waals surface area contributed by atoms with E-state index in [1.165, 1.54) is 17.7 Å². The van der Waals surface area contributed by atoms with Gasteiger partial charge in [0.15, 0.2) is 0 Å². The molecule has 3 heterocycles. The van der Waals surface area contributed by atoms with Gasteiger partial charge >= 0.3 is 6.18 Å². The number of unbranched alkanes of at least 4 members (excludes halogenated alkanes) is 2. The van der Waals surface area contributed by atoms with Crippen molar-refractivity contribution in [1.82, 2.24) is 15.0 Å². The Morgan fingerprint density at radius 1 is 0.969 bits per heavy atom. The minimum atomic E-state index is -4.29. The SMILES string of the molecule is FC(F)(F)c1cccc(CCCCCc2ncnc3c2CCN(c2ncccc2Cl)C3)c1. The lowest BCUT2D eigenvalue weighted by molar-refractivity contribution is -0.137. The molecule has 2 aromatic heterocycles. The van der Waals surface area contributed by atoms with Gasteiger partial charge in [-0.05, 0) is 61.4 Å². The number of pyridine rings is 1. The molecule has 3 aromatic rings. The van der Waals surface area contributed by atoms with Crippen molar-refractivity contribution in [3.63, 3.8) is 0 Å². The minimum Gasteiger partial charge on any atom is -0.349 e. The molecule has 0 N–H and O–H groups in total. The molecule has 4 nitrogen and oxygen atoms in total.